The van der Waals surface area contributed by atoms with Crippen molar-refractivity contribution in [2.24, 2.45) is 5.73 Å². The van der Waals surface area contributed by atoms with Crippen molar-refractivity contribution in [3.05, 3.63) is 35.9 Å². The second kappa shape index (κ2) is 8.63. The van der Waals surface area contributed by atoms with E-state index in [0.29, 0.717) is 6.42 Å². The fourth-order valence-corrected chi connectivity index (χ4v) is 1.56. The first-order valence-electron chi connectivity index (χ1n) is 6.14. The average Bonchev–Trinajstić information content (AvgIpc) is 2.42. The molecular formula is C13H21N3O2. The quantitative estimate of drug-likeness (QED) is 0.598. The summed E-state index contributed by atoms with van der Waals surface area (Å²) in [7, 11) is 0. The predicted octanol–water partition coefficient (Wildman–Crippen LogP) is -0.180. The molecule has 0 radical (unpaired) electrons. The molecule has 0 amide bonds. The summed E-state index contributed by atoms with van der Waals surface area (Å²) in [5, 5.41) is 15.0. The van der Waals surface area contributed by atoms with Gasteiger partial charge in [0.25, 0.3) is 0 Å². The summed E-state index contributed by atoms with van der Waals surface area (Å²) in [6.07, 6.45) is 0.385. The van der Waals surface area contributed by atoms with Gasteiger partial charge >= 0.3 is 5.97 Å². The van der Waals surface area contributed by atoms with E-state index in [2.05, 4.69) is 10.6 Å². The highest BCUT2D eigenvalue weighted by Crippen LogP contribution is 2.01. The van der Waals surface area contributed by atoms with E-state index in [1.54, 1.807) is 0 Å². The molecule has 0 spiro atoms. The first-order chi connectivity index (χ1) is 8.70. The van der Waals surface area contributed by atoms with Crippen molar-refractivity contribution in [1.29, 1.82) is 0 Å². The summed E-state index contributed by atoms with van der Waals surface area (Å²) >= 11 is 0. The zero-order chi connectivity index (χ0) is 13.2. The summed E-state index contributed by atoms with van der Waals surface area (Å²) in [5.74, 6) is -0.959. The monoisotopic (exact) mass is 251 g/mol. The van der Waals surface area contributed by atoms with Crippen LogP contribution in [0.4, 0.5) is 0 Å². The van der Waals surface area contributed by atoms with Gasteiger partial charge in [0.2, 0.25) is 0 Å². The van der Waals surface area contributed by atoms with Gasteiger partial charge in [-0.3, -0.25) is 4.79 Å². The zero-order valence-electron chi connectivity index (χ0n) is 10.4. The molecule has 0 saturated carbocycles. The maximum atomic E-state index is 10.4. The van der Waals surface area contributed by atoms with Crippen molar-refractivity contribution in [2.75, 3.05) is 26.2 Å². The predicted molar refractivity (Wildman–Crippen MR) is 71.5 cm³/mol. The third-order valence-corrected chi connectivity index (χ3v) is 2.57. The molecule has 5 heteroatoms. The first kappa shape index (κ1) is 14.6. The smallest absolute Gasteiger partial charge is 0.320 e. The van der Waals surface area contributed by atoms with E-state index in [4.69, 9.17) is 10.8 Å². The molecule has 5 N–H and O–H groups in total. The van der Waals surface area contributed by atoms with Gasteiger partial charge < -0.3 is 21.5 Å². The van der Waals surface area contributed by atoms with E-state index >= 15 is 0 Å². The lowest BCUT2D eigenvalue weighted by atomic mass is 10.1. The lowest BCUT2D eigenvalue weighted by Gasteiger charge is -2.11. The topological polar surface area (TPSA) is 87.4 Å². The van der Waals surface area contributed by atoms with Gasteiger partial charge in [0.1, 0.15) is 6.04 Å². The van der Waals surface area contributed by atoms with Crippen LogP contribution in [-0.2, 0) is 11.2 Å². The molecule has 1 aliphatic rings. The zero-order valence-corrected chi connectivity index (χ0v) is 10.4. The number of nitrogens with two attached hydrogens (primary N) is 1. The summed E-state index contributed by atoms with van der Waals surface area (Å²) in [4.78, 5) is 10.4. The summed E-state index contributed by atoms with van der Waals surface area (Å²) in [6.45, 7) is 4.56. The van der Waals surface area contributed by atoms with E-state index in [-0.39, 0.29) is 0 Å². The van der Waals surface area contributed by atoms with E-state index in [9.17, 15) is 4.79 Å². The molecule has 5 nitrogen and oxygen atoms in total. The molecule has 1 aromatic rings. The van der Waals surface area contributed by atoms with Gasteiger partial charge in [-0.1, -0.05) is 30.3 Å². The SMILES string of the molecule is C1CNCCN1.N[C@@H](Cc1ccccc1)C(=O)O. The highest BCUT2D eigenvalue weighted by Gasteiger charge is 2.10. The van der Waals surface area contributed by atoms with Gasteiger partial charge in [0.15, 0.2) is 0 Å². The van der Waals surface area contributed by atoms with Crippen molar-refractivity contribution < 1.29 is 9.90 Å². The van der Waals surface area contributed by atoms with E-state index < -0.39 is 12.0 Å². The maximum absolute atomic E-state index is 10.4. The van der Waals surface area contributed by atoms with Gasteiger partial charge in [-0.15, -0.1) is 0 Å². The minimum absolute atomic E-state index is 0.385. The largest absolute Gasteiger partial charge is 0.480 e. The highest BCUT2D eigenvalue weighted by atomic mass is 16.4. The standard InChI is InChI=1S/C9H11NO2.C4H10N2/c10-8(9(11)12)6-7-4-2-1-3-5-7;1-2-6-4-3-5-1/h1-5,8H,6,10H2,(H,11,12);5-6H,1-4H2/t8-;/m0./s1. The number of nitrogens with one attached hydrogen (secondary N) is 2. The second-order valence-corrected chi connectivity index (χ2v) is 4.13. The van der Waals surface area contributed by atoms with Crippen LogP contribution < -0.4 is 16.4 Å². The number of hydrogen-bond acceptors (Lipinski definition) is 4. The van der Waals surface area contributed by atoms with Crippen LogP contribution in [0.1, 0.15) is 5.56 Å². The van der Waals surface area contributed by atoms with Crippen LogP contribution in [0.2, 0.25) is 0 Å². The van der Waals surface area contributed by atoms with Crippen LogP contribution in [0.15, 0.2) is 30.3 Å². The number of rotatable bonds is 3. The van der Waals surface area contributed by atoms with Crippen LogP contribution in [0.3, 0.4) is 0 Å². The van der Waals surface area contributed by atoms with Crippen LogP contribution in [0, 0.1) is 0 Å². The van der Waals surface area contributed by atoms with Crippen LogP contribution >= 0.6 is 0 Å². The number of carbonyl (C=O) groups is 1. The van der Waals surface area contributed by atoms with E-state index in [0.717, 1.165) is 31.7 Å². The Bertz CT molecular complexity index is 328. The Morgan fingerprint density at radius 3 is 2.06 bits per heavy atom. The molecule has 1 heterocycles. The second-order valence-electron chi connectivity index (χ2n) is 4.13. The Hall–Kier alpha value is -1.43. The van der Waals surface area contributed by atoms with Gasteiger partial charge in [0, 0.05) is 26.2 Å². The van der Waals surface area contributed by atoms with E-state index in [1.165, 1.54) is 0 Å². The van der Waals surface area contributed by atoms with Crippen molar-refractivity contribution in [3.63, 3.8) is 0 Å². The van der Waals surface area contributed by atoms with Crippen molar-refractivity contribution >= 4 is 5.97 Å². The molecule has 1 aliphatic heterocycles. The molecule has 100 valence electrons. The summed E-state index contributed by atoms with van der Waals surface area (Å²) < 4.78 is 0. The van der Waals surface area contributed by atoms with Gasteiger partial charge in [-0.25, -0.2) is 0 Å². The summed E-state index contributed by atoms with van der Waals surface area (Å²) in [5.41, 5.74) is 6.30. The fourth-order valence-electron chi connectivity index (χ4n) is 1.56. The molecule has 2 rings (SSSR count). The third kappa shape index (κ3) is 6.34. The van der Waals surface area contributed by atoms with Gasteiger partial charge in [0.05, 0.1) is 0 Å². The third-order valence-electron chi connectivity index (χ3n) is 2.57. The lowest BCUT2D eigenvalue weighted by Crippen LogP contribution is -2.39. The van der Waals surface area contributed by atoms with Crippen LogP contribution in [-0.4, -0.2) is 43.3 Å². The Kier molecular flexibility index (Phi) is 7.01. The average molecular weight is 251 g/mol. The minimum atomic E-state index is -0.959. The number of piperazine rings is 1. The molecule has 1 aromatic carbocycles. The molecule has 0 aromatic heterocycles. The Morgan fingerprint density at radius 1 is 1.17 bits per heavy atom. The van der Waals surface area contributed by atoms with Crippen LogP contribution in [0.25, 0.3) is 0 Å². The Labute approximate surface area is 107 Å². The number of hydrogen-bond donors (Lipinski definition) is 4. The molecule has 0 aliphatic carbocycles. The molecule has 0 bridgehead atoms. The van der Waals surface area contributed by atoms with E-state index in [1.807, 2.05) is 30.3 Å². The molecule has 18 heavy (non-hydrogen) atoms. The molecule has 1 saturated heterocycles. The Morgan fingerprint density at radius 2 is 1.67 bits per heavy atom. The Balaban J connectivity index is 0.000000225. The fraction of sp³-hybridized carbons (Fsp3) is 0.462. The summed E-state index contributed by atoms with van der Waals surface area (Å²) in [6, 6.07) is 8.54. The lowest BCUT2D eigenvalue weighted by molar-refractivity contribution is -0.138. The number of benzene rings is 1. The molecule has 0 unspecified atom stereocenters. The number of aliphatic carboxylic acids is 1. The van der Waals surface area contributed by atoms with Crippen molar-refractivity contribution in [3.8, 4) is 0 Å². The number of carboxylic acid groups (broad SMARTS) is 1. The number of carboxylic acids is 1. The van der Waals surface area contributed by atoms with Crippen LogP contribution in [0.5, 0.6) is 0 Å². The molecular weight excluding hydrogens is 230 g/mol. The highest BCUT2D eigenvalue weighted by molar-refractivity contribution is 5.73. The normalized spacial score (nSPS) is 16.3. The van der Waals surface area contributed by atoms with Gasteiger partial charge in [-0.05, 0) is 12.0 Å². The van der Waals surface area contributed by atoms with Crippen molar-refractivity contribution in [1.82, 2.24) is 10.6 Å². The molecule has 1 atom stereocenters. The molecule has 1 fully saturated rings. The minimum Gasteiger partial charge on any atom is -0.480 e. The van der Waals surface area contributed by atoms with Gasteiger partial charge in [-0.2, -0.15) is 0 Å². The van der Waals surface area contributed by atoms with Crippen molar-refractivity contribution in [2.45, 2.75) is 12.5 Å². The first-order valence-corrected chi connectivity index (χ1v) is 6.14. The maximum Gasteiger partial charge on any atom is 0.320 e.